The number of rotatable bonds is 3. The Morgan fingerprint density at radius 2 is 1.65 bits per heavy atom. The van der Waals surface area contributed by atoms with Crippen molar-refractivity contribution in [1.29, 1.82) is 0 Å². The average molecular weight is 263 g/mol. The van der Waals surface area contributed by atoms with Gasteiger partial charge in [-0.1, -0.05) is 54.1 Å². The molecule has 0 saturated carbocycles. The molecule has 0 saturated heterocycles. The van der Waals surface area contributed by atoms with Crippen LogP contribution in [0.5, 0.6) is 0 Å². The highest BCUT2D eigenvalue weighted by Gasteiger charge is 2.11. The van der Waals surface area contributed by atoms with Gasteiger partial charge >= 0.3 is 0 Å². The van der Waals surface area contributed by atoms with E-state index in [4.69, 9.17) is 0 Å². The van der Waals surface area contributed by atoms with Gasteiger partial charge in [0.05, 0.1) is 5.71 Å². The van der Waals surface area contributed by atoms with Crippen LogP contribution in [0, 0.1) is 6.92 Å². The molecule has 102 valence electrons. The van der Waals surface area contributed by atoms with Gasteiger partial charge in [-0.2, -0.15) is 0 Å². The fraction of sp³-hybridized carbons (Fsp3) is 0.211. The van der Waals surface area contributed by atoms with Gasteiger partial charge in [0, 0.05) is 12.6 Å². The molecular weight excluding hydrogens is 242 g/mol. The lowest BCUT2D eigenvalue weighted by atomic mass is 9.92. The van der Waals surface area contributed by atoms with Gasteiger partial charge in [0.15, 0.2) is 0 Å². The molecule has 2 aromatic rings. The molecule has 20 heavy (non-hydrogen) atoms. The van der Waals surface area contributed by atoms with E-state index >= 15 is 0 Å². The van der Waals surface area contributed by atoms with Crippen molar-refractivity contribution in [3.8, 4) is 11.1 Å². The van der Waals surface area contributed by atoms with E-state index < -0.39 is 0 Å². The molecular formula is C19H21N. The normalized spacial score (nSPS) is 11.3. The Labute approximate surface area is 121 Å². The Bertz CT molecular complexity index is 645. The Hall–Kier alpha value is -2.15. The van der Waals surface area contributed by atoms with Crippen molar-refractivity contribution in [2.75, 3.05) is 7.05 Å². The fourth-order valence-electron chi connectivity index (χ4n) is 2.39. The highest BCUT2D eigenvalue weighted by Crippen LogP contribution is 2.27. The highest BCUT2D eigenvalue weighted by molar-refractivity contribution is 6.13. The van der Waals surface area contributed by atoms with Gasteiger partial charge in [-0.3, -0.25) is 4.99 Å². The van der Waals surface area contributed by atoms with Crippen LogP contribution in [0.15, 0.2) is 65.2 Å². The third kappa shape index (κ3) is 3.05. The van der Waals surface area contributed by atoms with Gasteiger partial charge in [0.1, 0.15) is 0 Å². The van der Waals surface area contributed by atoms with Crippen molar-refractivity contribution < 1.29 is 0 Å². The van der Waals surface area contributed by atoms with Crippen LogP contribution >= 0.6 is 0 Å². The third-order valence-corrected chi connectivity index (χ3v) is 3.28. The van der Waals surface area contributed by atoms with Crippen LogP contribution in [0.3, 0.4) is 0 Å². The molecule has 0 unspecified atom stereocenters. The van der Waals surface area contributed by atoms with Crippen LogP contribution in [0.2, 0.25) is 0 Å². The molecule has 1 heteroatoms. The van der Waals surface area contributed by atoms with E-state index in [1.165, 1.54) is 27.8 Å². The second-order valence-electron chi connectivity index (χ2n) is 5.19. The maximum atomic E-state index is 4.49. The van der Waals surface area contributed by atoms with Crippen molar-refractivity contribution in [3.05, 3.63) is 71.3 Å². The van der Waals surface area contributed by atoms with Crippen molar-refractivity contribution in [3.63, 3.8) is 0 Å². The molecule has 0 atom stereocenters. The number of aliphatic imine (C=N–C) groups is 1. The van der Waals surface area contributed by atoms with Gasteiger partial charge in [0.2, 0.25) is 0 Å². The number of allylic oxidation sites excluding steroid dienone is 2. The summed E-state index contributed by atoms with van der Waals surface area (Å²) >= 11 is 0. The van der Waals surface area contributed by atoms with Gasteiger partial charge < -0.3 is 0 Å². The summed E-state index contributed by atoms with van der Waals surface area (Å²) in [5, 5.41) is 0. The molecule has 2 aromatic carbocycles. The van der Waals surface area contributed by atoms with E-state index in [0.717, 1.165) is 5.71 Å². The first-order chi connectivity index (χ1) is 9.63. The standard InChI is InChI=1S/C19H21N/c1-14(2)13-18(20-4)19-15(3)9-8-12-17(19)16-10-6-5-7-11-16/h5-13H,1-4H3. The molecule has 0 radical (unpaired) electrons. The van der Waals surface area contributed by atoms with Crippen molar-refractivity contribution in [1.82, 2.24) is 0 Å². The minimum atomic E-state index is 1.04. The van der Waals surface area contributed by atoms with E-state index in [1.54, 1.807) is 0 Å². The number of hydrogen-bond acceptors (Lipinski definition) is 1. The van der Waals surface area contributed by atoms with Crippen molar-refractivity contribution in [2.45, 2.75) is 20.8 Å². The lowest BCUT2D eigenvalue weighted by molar-refractivity contribution is 1.36. The van der Waals surface area contributed by atoms with E-state index in [-0.39, 0.29) is 0 Å². The summed E-state index contributed by atoms with van der Waals surface area (Å²) in [7, 11) is 1.86. The van der Waals surface area contributed by atoms with Gasteiger partial charge in [-0.05, 0) is 43.5 Å². The Morgan fingerprint density at radius 3 is 2.25 bits per heavy atom. The maximum Gasteiger partial charge on any atom is 0.0651 e. The minimum absolute atomic E-state index is 1.04. The number of benzene rings is 2. The summed E-state index contributed by atoms with van der Waals surface area (Å²) in [5.74, 6) is 0. The molecule has 2 rings (SSSR count). The summed E-state index contributed by atoms with van der Waals surface area (Å²) in [6.07, 6.45) is 2.15. The van der Waals surface area contributed by atoms with Crippen LogP contribution in [0.4, 0.5) is 0 Å². The molecule has 0 aromatic heterocycles. The summed E-state index contributed by atoms with van der Waals surface area (Å²) in [6, 6.07) is 16.9. The monoisotopic (exact) mass is 263 g/mol. The molecule has 0 bridgehead atoms. The predicted molar refractivity (Wildman–Crippen MR) is 88.5 cm³/mol. The maximum absolute atomic E-state index is 4.49. The van der Waals surface area contributed by atoms with Crippen LogP contribution < -0.4 is 0 Å². The SMILES string of the molecule is CN=C(C=C(C)C)c1c(C)cccc1-c1ccccc1. The molecule has 0 amide bonds. The summed E-state index contributed by atoms with van der Waals surface area (Å²) < 4.78 is 0. The molecule has 0 aliphatic heterocycles. The Kier molecular flexibility index (Phi) is 4.52. The topological polar surface area (TPSA) is 12.4 Å². The summed E-state index contributed by atoms with van der Waals surface area (Å²) in [4.78, 5) is 4.49. The first-order valence-electron chi connectivity index (χ1n) is 6.90. The second kappa shape index (κ2) is 6.33. The van der Waals surface area contributed by atoms with E-state index in [9.17, 15) is 0 Å². The molecule has 0 aliphatic rings. The minimum Gasteiger partial charge on any atom is -0.288 e. The molecule has 0 spiro atoms. The van der Waals surface area contributed by atoms with Crippen LogP contribution in [0.25, 0.3) is 11.1 Å². The Morgan fingerprint density at radius 1 is 0.950 bits per heavy atom. The molecule has 0 N–H and O–H groups in total. The number of hydrogen-bond donors (Lipinski definition) is 0. The quantitative estimate of drug-likeness (QED) is 0.687. The largest absolute Gasteiger partial charge is 0.288 e. The van der Waals surface area contributed by atoms with Gasteiger partial charge in [-0.15, -0.1) is 0 Å². The first-order valence-corrected chi connectivity index (χ1v) is 6.90. The van der Waals surface area contributed by atoms with Crippen LogP contribution in [0.1, 0.15) is 25.0 Å². The third-order valence-electron chi connectivity index (χ3n) is 3.28. The predicted octanol–water partition coefficient (Wildman–Crippen LogP) is 5.05. The van der Waals surface area contributed by atoms with Gasteiger partial charge in [-0.25, -0.2) is 0 Å². The zero-order chi connectivity index (χ0) is 14.5. The lowest BCUT2D eigenvalue weighted by Crippen LogP contribution is -2.03. The van der Waals surface area contributed by atoms with Gasteiger partial charge in [0.25, 0.3) is 0 Å². The van der Waals surface area contributed by atoms with Crippen LogP contribution in [-0.2, 0) is 0 Å². The zero-order valence-corrected chi connectivity index (χ0v) is 12.6. The van der Waals surface area contributed by atoms with Crippen LogP contribution in [-0.4, -0.2) is 12.8 Å². The molecule has 0 aliphatic carbocycles. The molecule has 1 nitrogen and oxygen atoms in total. The van der Waals surface area contributed by atoms with E-state index in [1.807, 2.05) is 13.1 Å². The summed E-state index contributed by atoms with van der Waals surface area (Å²) in [5.41, 5.74) is 7.25. The van der Waals surface area contributed by atoms with Crippen molar-refractivity contribution >= 4 is 5.71 Å². The Balaban J connectivity index is 2.67. The first kappa shape index (κ1) is 14.3. The highest BCUT2D eigenvalue weighted by atomic mass is 14.7. The lowest BCUT2D eigenvalue weighted by Gasteiger charge is -2.13. The van der Waals surface area contributed by atoms with E-state index in [2.05, 4.69) is 74.3 Å². The fourth-order valence-corrected chi connectivity index (χ4v) is 2.39. The average Bonchev–Trinajstić information content (AvgIpc) is 2.45. The smallest absolute Gasteiger partial charge is 0.0651 e. The second-order valence-corrected chi connectivity index (χ2v) is 5.19. The van der Waals surface area contributed by atoms with E-state index in [0.29, 0.717) is 0 Å². The van der Waals surface area contributed by atoms with Crippen molar-refractivity contribution in [2.24, 2.45) is 4.99 Å². The number of aryl methyl sites for hydroxylation is 1. The summed E-state index contributed by atoms with van der Waals surface area (Å²) in [6.45, 7) is 6.35. The number of nitrogens with zero attached hydrogens (tertiary/aromatic N) is 1. The zero-order valence-electron chi connectivity index (χ0n) is 12.6. The molecule has 0 heterocycles. The molecule has 0 fully saturated rings.